The molecule has 2 atom stereocenters. The topological polar surface area (TPSA) is 137 Å². The van der Waals surface area contributed by atoms with Gasteiger partial charge in [0.25, 0.3) is 0 Å². The Labute approximate surface area is 209 Å². The number of benzene rings is 2. The molecule has 1 aliphatic rings. The van der Waals surface area contributed by atoms with Gasteiger partial charge in [0.2, 0.25) is 11.8 Å². The van der Waals surface area contributed by atoms with Crippen LogP contribution in [0.25, 0.3) is 0 Å². The van der Waals surface area contributed by atoms with E-state index in [1.807, 2.05) is 13.8 Å². The maximum Gasteiger partial charge on any atom is 0.410 e. The van der Waals surface area contributed by atoms with Crippen LogP contribution < -0.4 is 20.5 Å². The van der Waals surface area contributed by atoms with Crippen molar-refractivity contribution in [3.8, 4) is 11.5 Å². The molecular weight excluding hydrogens is 466 g/mol. The summed E-state index contributed by atoms with van der Waals surface area (Å²) in [6, 6.07) is 14.8. The fourth-order valence-electron chi connectivity index (χ4n) is 3.64. The van der Waals surface area contributed by atoms with E-state index in [4.69, 9.17) is 19.9 Å². The van der Waals surface area contributed by atoms with E-state index in [0.717, 1.165) is 5.56 Å². The SMILES string of the molecule is CC(C)CC(NC(=O)Cc1ccc(OCC2CN(CC(=O)Oc3ccccc3)C(=O)O2)cc1)C(N)=O. The molecule has 0 aromatic heterocycles. The van der Waals surface area contributed by atoms with Crippen LogP contribution in [-0.4, -0.2) is 60.6 Å². The molecule has 10 nitrogen and oxygen atoms in total. The molecule has 10 heteroatoms. The third-order valence-electron chi connectivity index (χ3n) is 5.35. The van der Waals surface area contributed by atoms with E-state index >= 15 is 0 Å². The van der Waals surface area contributed by atoms with Crippen molar-refractivity contribution in [2.45, 2.75) is 38.8 Å². The number of para-hydroxylation sites is 1. The third-order valence-corrected chi connectivity index (χ3v) is 5.35. The summed E-state index contributed by atoms with van der Waals surface area (Å²) in [5.74, 6) is -0.262. The van der Waals surface area contributed by atoms with E-state index in [2.05, 4.69) is 5.32 Å². The molecule has 192 valence electrons. The minimum absolute atomic E-state index is 0.0937. The van der Waals surface area contributed by atoms with E-state index in [1.54, 1.807) is 54.6 Å². The molecule has 2 unspecified atom stereocenters. The maximum atomic E-state index is 12.3. The van der Waals surface area contributed by atoms with E-state index in [0.29, 0.717) is 17.9 Å². The lowest BCUT2D eigenvalue weighted by Crippen LogP contribution is -2.45. The standard InChI is InChI=1S/C26H31N3O7/c1-17(2)12-22(25(27)32)28-23(30)13-18-8-10-19(11-9-18)34-16-21-14-29(26(33)36-21)15-24(31)35-20-6-4-3-5-7-20/h3-11,17,21-22H,12-16H2,1-2H3,(H2,27,32)(H,28,30). The second kappa shape index (κ2) is 12.6. The Morgan fingerprint density at radius 2 is 1.78 bits per heavy atom. The fraction of sp³-hybridized carbons (Fsp3) is 0.385. The largest absolute Gasteiger partial charge is 0.490 e. The number of hydrogen-bond acceptors (Lipinski definition) is 7. The molecule has 2 aromatic carbocycles. The smallest absolute Gasteiger partial charge is 0.410 e. The third kappa shape index (κ3) is 8.30. The summed E-state index contributed by atoms with van der Waals surface area (Å²) in [7, 11) is 0. The molecule has 0 bridgehead atoms. The molecule has 1 aliphatic heterocycles. The van der Waals surface area contributed by atoms with Crippen molar-refractivity contribution < 1.29 is 33.4 Å². The zero-order valence-electron chi connectivity index (χ0n) is 20.3. The molecule has 36 heavy (non-hydrogen) atoms. The van der Waals surface area contributed by atoms with Crippen LogP contribution >= 0.6 is 0 Å². The van der Waals surface area contributed by atoms with Gasteiger partial charge < -0.3 is 25.3 Å². The van der Waals surface area contributed by atoms with Gasteiger partial charge >= 0.3 is 12.1 Å². The van der Waals surface area contributed by atoms with Gasteiger partial charge in [-0.05, 0) is 42.2 Å². The van der Waals surface area contributed by atoms with Gasteiger partial charge in [-0.25, -0.2) is 9.59 Å². The molecule has 0 radical (unpaired) electrons. The molecule has 3 rings (SSSR count). The van der Waals surface area contributed by atoms with Gasteiger partial charge in [0.05, 0.1) is 13.0 Å². The van der Waals surface area contributed by atoms with Gasteiger partial charge in [0.15, 0.2) is 6.10 Å². The first-order valence-electron chi connectivity index (χ1n) is 11.7. The Morgan fingerprint density at radius 1 is 1.08 bits per heavy atom. The first-order chi connectivity index (χ1) is 17.2. The molecule has 2 aromatic rings. The van der Waals surface area contributed by atoms with Crippen molar-refractivity contribution in [1.82, 2.24) is 10.2 Å². The van der Waals surface area contributed by atoms with Crippen LogP contribution in [0.3, 0.4) is 0 Å². The van der Waals surface area contributed by atoms with E-state index < -0.39 is 30.1 Å². The summed E-state index contributed by atoms with van der Waals surface area (Å²) in [6.45, 7) is 3.97. The second-order valence-electron chi connectivity index (χ2n) is 8.96. The number of nitrogens with one attached hydrogen (secondary N) is 1. The highest BCUT2D eigenvalue weighted by atomic mass is 16.6. The first-order valence-corrected chi connectivity index (χ1v) is 11.7. The second-order valence-corrected chi connectivity index (χ2v) is 8.96. The van der Waals surface area contributed by atoms with Crippen LogP contribution in [0.2, 0.25) is 0 Å². The average molecular weight is 498 g/mol. The minimum Gasteiger partial charge on any atom is -0.490 e. The molecular formula is C26H31N3O7. The van der Waals surface area contributed by atoms with Gasteiger partial charge in [0.1, 0.15) is 30.7 Å². The Hall–Kier alpha value is -4.08. The summed E-state index contributed by atoms with van der Waals surface area (Å²) in [6.07, 6.45) is -0.581. The zero-order chi connectivity index (χ0) is 26.1. The van der Waals surface area contributed by atoms with Crippen molar-refractivity contribution in [2.75, 3.05) is 19.7 Å². The summed E-state index contributed by atoms with van der Waals surface area (Å²) >= 11 is 0. The fourth-order valence-corrected chi connectivity index (χ4v) is 3.64. The lowest BCUT2D eigenvalue weighted by Gasteiger charge is -2.17. The number of esters is 1. The van der Waals surface area contributed by atoms with E-state index in [-0.39, 0.29) is 37.9 Å². The van der Waals surface area contributed by atoms with E-state index in [1.165, 1.54) is 4.90 Å². The minimum atomic E-state index is -0.700. The quantitative estimate of drug-likeness (QED) is 0.338. The first kappa shape index (κ1) is 26.5. The Morgan fingerprint density at radius 3 is 2.42 bits per heavy atom. The van der Waals surface area contributed by atoms with Crippen molar-refractivity contribution in [3.05, 3.63) is 60.2 Å². The van der Waals surface area contributed by atoms with Crippen LogP contribution in [0.5, 0.6) is 11.5 Å². The van der Waals surface area contributed by atoms with Gasteiger partial charge in [0, 0.05) is 0 Å². The number of cyclic esters (lactones) is 1. The summed E-state index contributed by atoms with van der Waals surface area (Å²) in [4.78, 5) is 49.3. The molecule has 0 aliphatic carbocycles. The van der Waals surface area contributed by atoms with Gasteiger partial charge in [-0.1, -0.05) is 44.2 Å². The van der Waals surface area contributed by atoms with Crippen molar-refractivity contribution in [3.63, 3.8) is 0 Å². The zero-order valence-corrected chi connectivity index (χ0v) is 20.3. The monoisotopic (exact) mass is 497 g/mol. The Kier molecular flexibility index (Phi) is 9.26. The van der Waals surface area contributed by atoms with Crippen LogP contribution in [0.1, 0.15) is 25.8 Å². The molecule has 0 saturated carbocycles. The molecule has 1 fully saturated rings. The number of carbonyl (C=O) groups is 4. The van der Waals surface area contributed by atoms with Gasteiger partial charge in [-0.2, -0.15) is 0 Å². The van der Waals surface area contributed by atoms with Crippen LogP contribution in [0.4, 0.5) is 4.79 Å². The normalized spacial score (nSPS) is 15.8. The van der Waals surface area contributed by atoms with Crippen molar-refractivity contribution in [1.29, 1.82) is 0 Å². The number of ether oxygens (including phenoxy) is 3. The molecule has 1 saturated heterocycles. The van der Waals surface area contributed by atoms with Crippen LogP contribution in [0.15, 0.2) is 54.6 Å². The Bertz CT molecular complexity index is 1060. The number of nitrogens with zero attached hydrogens (tertiary/aromatic N) is 1. The summed E-state index contributed by atoms with van der Waals surface area (Å²) < 4.78 is 16.2. The summed E-state index contributed by atoms with van der Waals surface area (Å²) in [5, 5.41) is 2.68. The lowest BCUT2D eigenvalue weighted by atomic mass is 10.0. The molecule has 0 spiro atoms. The lowest BCUT2D eigenvalue weighted by molar-refractivity contribution is -0.135. The molecule has 1 heterocycles. The maximum absolute atomic E-state index is 12.3. The molecule has 3 N–H and O–H groups in total. The number of carbonyl (C=O) groups excluding carboxylic acids is 4. The highest BCUT2D eigenvalue weighted by Gasteiger charge is 2.33. The number of primary amides is 1. The number of rotatable bonds is 12. The highest BCUT2D eigenvalue weighted by Crippen LogP contribution is 2.17. The van der Waals surface area contributed by atoms with Gasteiger partial charge in [-0.3, -0.25) is 14.5 Å². The predicted molar refractivity (Wildman–Crippen MR) is 130 cm³/mol. The Balaban J connectivity index is 1.42. The highest BCUT2D eigenvalue weighted by molar-refractivity contribution is 5.87. The van der Waals surface area contributed by atoms with Gasteiger partial charge in [-0.15, -0.1) is 0 Å². The average Bonchev–Trinajstić information content (AvgIpc) is 3.17. The number of nitrogens with two attached hydrogens (primary N) is 1. The van der Waals surface area contributed by atoms with Crippen LogP contribution in [-0.2, 0) is 25.5 Å². The number of amides is 3. The summed E-state index contributed by atoms with van der Waals surface area (Å²) in [5.41, 5.74) is 6.12. The van der Waals surface area contributed by atoms with E-state index in [9.17, 15) is 19.2 Å². The van der Waals surface area contributed by atoms with Crippen LogP contribution in [0, 0.1) is 5.92 Å². The van der Waals surface area contributed by atoms with Crippen molar-refractivity contribution in [2.24, 2.45) is 11.7 Å². The predicted octanol–water partition coefficient (Wildman–Crippen LogP) is 2.05. The molecule has 3 amide bonds. The number of hydrogen-bond donors (Lipinski definition) is 2. The van der Waals surface area contributed by atoms with Crippen molar-refractivity contribution >= 4 is 23.9 Å².